The average molecular weight is 1150 g/mol. The third kappa shape index (κ3) is 11.5. The number of fused-ring (bicyclic) bond motifs is 2. The van der Waals surface area contributed by atoms with Gasteiger partial charge in [0.15, 0.2) is 0 Å². The summed E-state index contributed by atoms with van der Waals surface area (Å²) in [6.45, 7) is 22.3. The summed E-state index contributed by atoms with van der Waals surface area (Å²) in [6.07, 6.45) is 14.1. The zero-order valence-electron chi connectivity index (χ0n) is 52.5. The zero-order valence-corrected chi connectivity index (χ0v) is 52.5. The van der Waals surface area contributed by atoms with E-state index in [1.54, 1.807) is 25.6 Å². The number of benzene rings is 6. The molecule has 2 aromatic heterocycles. The summed E-state index contributed by atoms with van der Waals surface area (Å²) >= 11 is 0. The Balaban J connectivity index is 0.000000179. The molecule has 12 heteroatoms. The van der Waals surface area contributed by atoms with Crippen LogP contribution in [0.3, 0.4) is 0 Å². The number of anilines is 2. The molecule has 2 aliphatic carbocycles. The van der Waals surface area contributed by atoms with Crippen LogP contribution in [0.4, 0.5) is 11.6 Å². The summed E-state index contributed by atoms with van der Waals surface area (Å²) < 4.78 is 3.73. The highest BCUT2D eigenvalue weighted by Gasteiger charge is 2.32. The number of carboxylic acid groups (broad SMARTS) is 1. The van der Waals surface area contributed by atoms with Gasteiger partial charge in [0.25, 0.3) is 0 Å². The topological polar surface area (TPSA) is 138 Å². The van der Waals surface area contributed by atoms with Crippen molar-refractivity contribution in [2.75, 3.05) is 50.9 Å². The predicted octanol–water partition coefficient (Wildman–Crippen LogP) is 15.0. The molecule has 2 aliphatic heterocycles. The standard InChI is InChI=1S/C37H42N4O3.C37H44N4O/c1-22-9-10-29(20-34(22)41-36(38-5)33(21-39-41)37(43)44)32-8-6-7-27-11-12-30(35(27)32)19-28-13-14-31(24(3)23(28)2)26-15-17-40(18-16-26)25(4)42;1-23-10-11-31(21-35(23)41-37(38-6)24(2)22-39-41)34-9-7-8-29-12-13-32(36(29)34)20-30-14-15-33(26(4)25(30)3)28-16-18-40(19-17-28)27(5)42/h6-10,13-14,20-21,26,30,38H,11-12,15-19H2,1-5H3,(H,43,44);7-11,14-15,21-22,28,32,38H,12-13,16-20H2,1-6H3. The SMILES string of the molecule is CNc1c(C(=O)O)cnn1-c1cc(-c2cccc3c2C(Cc2ccc(C4CCN(C(C)=O)CC4)c(C)c2C)CC3)ccc1C.CNc1c(C)cnn1-c1cc(-c2cccc3c2C(Cc2ccc(C4CCN(C(C)=O)CC4)c(C)c2C)CC3)ccc1C. The normalized spacial score (nSPS) is 16.8. The van der Waals surface area contributed by atoms with Crippen molar-refractivity contribution in [3.8, 4) is 33.6 Å². The minimum Gasteiger partial charge on any atom is -0.477 e. The Hall–Kier alpha value is -8.25. The molecular formula is C74H86N8O4. The van der Waals surface area contributed by atoms with Gasteiger partial charge in [-0.25, -0.2) is 14.2 Å². The molecular weight excluding hydrogens is 1060 g/mol. The minimum atomic E-state index is -1.00. The summed E-state index contributed by atoms with van der Waals surface area (Å²) in [7, 11) is 3.68. The van der Waals surface area contributed by atoms with Crippen molar-refractivity contribution in [2.45, 2.75) is 150 Å². The lowest BCUT2D eigenvalue weighted by atomic mass is 9.81. The van der Waals surface area contributed by atoms with Crippen molar-refractivity contribution in [2.24, 2.45) is 0 Å². The second-order valence-electron chi connectivity index (χ2n) is 25.0. The number of piperidine rings is 2. The average Bonchev–Trinajstić information content (AvgIpc) is 2.28. The number of carbonyl (C=O) groups excluding carboxylic acids is 2. The fraction of sp³-hybridized carbons (Fsp3) is 0.392. The summed E-state index contributed by atoms with van der Waals surface area (Å²) in [6, 6.07) is 36.3. The number of nitrogens with zero attached hydrogens (tertiary/aromatic N) is 6. The molecule has 2 saturated heterocycles. The van der Waals surface area contributed by atoms with Crippen LogP contribution in [0.1, 0.15) is 170 Å². The Kier molecular flexibility index (Phi) is 17.3. The molecule has 0 saturated carbocycles. The Morgan fingerprint density at radius 3 is 1.36 bits per heavy atom. The van der Waals surface area contributed by atoms with Crippen LogP contribution in [-0.2, 0) is 35.3 Å². The van der Waals surface area contributed by atoms with Gasteiger partial charge in [0.05, 0.1) is 23.8 Å². The number of hydrogen-bond acceptors (Lipinski definition) is 7. The van der Waals surface area contributed by atoms with Crippen LogP contribution in [-0.4, -0.2) is 92.5 Å². The van der Waals surface area contributed by atoms with E-state index in [9.17, 15) is 19.5 Å². The number of aromatic carboxylic acids is 1. The molecule has 6 aromatic carbocycles. The van der Waals surface area contributed by atoms with E-state index >= 15 is 0 Å². The van der Waals surface area contributed by atoms with E-state index in [0.717, 1.165) is 118 Å². The second-order valence-corrected chi connectivity index (χ2v) is 25.0. The first-order valence-electron chi connectivity index (χ1n) is 31.3. The number of aromatic nitrogens is 4. The van der Waals surface area contributed by atoms with E-state index in [4.69, 9.17) is 5.10 Å². The van der Waals surface area contributed by atoms with Crippen molar-refractivity contribution in [3.05, 3.63) is 198 Å². The van der Waals surface area contributed by atoms with Gasteiger partial charge in [-0.2, -0.15) is 10.2 Å². The van der Waals surface area contributed by atoms with Gasteiger partial charge in [0, 0.05) is 59.7 Å². The molecule has 3 N–H and O–H groups in total. The van der Waals surface area contributed by atoms with Gasteiger partial charge < -0.3 is 25.5 Å². The molecule has 2 atom stereocenters. The summed E-state index contributed by atoms with van der Waals surface area (Å²) in [4.78, 5) is 39.4. The molecule has 8 aromatic rings. The lowest BCUT2D eigenvalue weighted by Gasteiger charge is -2.32. The van der Waals surface area contributed by atoms with Crippen molar-refractivity contribution in [3.63, 3.8) is 0 Å². The van der Waals surface area contributed by atoms with Gasteiger partial charge in [0.2, 0.25) is 11.8 Å². The maximum atomic E-state index is 11.8. The van der Waals surface area contributed by atoms with Crippen LogP contribution < -0.4 is 10.6 Å². The molecule has 2 fully saturated rings. The van der Waals surface area contributed by atoms with E-state index < -0.39 is 5.97 Å². The van der Waals surface area contributed by atoms with Crippen molar-refractivity contribution in [1.29, 1.82) is 0 Å². The molecule has 12 nitrogen and oxygen atoms in total. The number of carboxylic acids is 1. The monoisotopic (exact) mass is 1150 g/mol. The molecule has 0 bridgehead atoms. The van der Waals surface area contributed by atoms with Gasteiger partial charge >= 0.3 is 5.97 Å². The van der Waals surface area contributed by atoms with Gasteiger partial charge in [-0.15, -0.1) is 0 Å². The van der Waals surface area contributed by atoms with Crippen molar-refractivity contribution >= 4 is 29.4 Å². The largest absolute Gasteiger partial charge is 0.477 e. The number of rotatable bonds is 13. The number of likely N-dealkylation sites (tertiary alicyclic amines) is 2. The zero-order chi connectivity index (χ0) is 60.7. The Morgan fingerprint density at radius 1 is 0.512 bits per heavy atom. The first kappa shape index (κ1) is 59.5. The van der Waals surface area contributed by atoms with Crippen LogP contribution in [0, 0.1) is 48.5 Å². The highest BCUT2D eigenvalue weighted by molar-refractivity contribution is 5.93. The fourth-order valence-corrected chi connectivity index (χ4v) is 15.0. The maximum Gasteiger partial charge on any atom is 0.341 e. The molecule has 4 aliphatic rings. The van der Waals surface area contributed by atoms with Crippen LogP contribution in [0.2, 0.25) is 0 Å². The third-order valence-corrected chi connectivity index (χ3v) is 20.2. The van der Waals surface area contributed by atoms with Crippen LogP contribution in [0.25, 0.3) is 33.6 Å². The predicted molar refractivity (Wildman–Crippen MR) is 348 cm³/mol. The highest BCUT2D eigenvalue weighted by atomic mass is 16.4. The molecule has 2 unspecified atom stereocenters. The molecule has 446 valence electrons. The first-order valence-corrected chi connectivity index (χ1v) is 31.3. The van der Waals surface area contributed by atoms with E-state index in [1.165, 1.54) is 102 Å². The van der Waals surface area contributed by atoms with E-state index in [0.29, 0.717) is 29.5 Å². The number of carbonyl (C=O) groups is 3. The smallest absolute Gasteiger partial charge is 0.341 e. The number of amides is 2. The van der Waals surface area contributed by atoms with Crippen LogP contribution >= 0.6 is 0 Å². The van der Waals surface area contributed by atoms with E-state index in [-0.39, 0.29) is 17.4 Å². The van der Waals surface area contributed by atoms with E-state index in [2.05, 4.69) is 154 Å². The fourth-order valence-electron chi connectivity index (χ4n) is 15.0. The molecule has 86 heavy (non-hydrogen) atoms. The molecule has 0 radical (unpaired) electrons. The Labute approximate surface area is 509 Å². The number of aryl methyl sites for hydroxylation is 5. The Bertz CT molecular complexity index is 3890. The maximum absolute atomic E-state index is 11.8. The summed E-state index contributed by atoms with van der Waals surface area (Å²) in [5.41, 5.74) is 27.8. The lowest BCUT2D eigenvalue weighted by molar-refractivity contribution is -0.130. The molecule has 4 heterocycles. The van der Waals surface area contributed by atoms with E-state index in [1.807, 2.05) is 34.6 Å². The van der Waals surface area contributed by atoms with Gasteiger partial charge in [-0.05, 0) is 249 Å². The molecule has 12 rings (SSSR count). The van der Waals surface area contributed by atoms with Gasteiger partial charge in [-0.1, -0.05) is 84.9 Å². The van der Waals surface area contributed by atoms with Gasteiger partial charge in [0.1, 0.15) is 17.2 Å². The van der Waals surface area contributed by atoms with Gasteiger partial charge in [-0.3, -0.25) is 9.59 Å². The van der Waals surface area contributed by atoms with Crippen LogP contribution in [0.5, 0.6) is 0 Å². The molecule has 2 amide bonds. The second kappa shape index (κ2) is 25.0. The highest BCUT2D eigenvalue weighted by Crippen LogP contribution is 2.46. The number of nitrogens with one attached hydrogen (secondary N) is 2. The molecule has 0 spiro atoms. The van der Waals surface area contributed by atoms with Crippen LogP contribution in [0.15, 0.2) is 109 Å². The van der Waals surface area contributed by atoms with Crippen molar-refractivity contribution < 1.29 is 19.5 Å². The quantitative estimate of drug-likeness (QED) is 0.104. The number of hydrogen-bond donors (Lipinski definition) is 3. The minimum absolute atomic E-state index is 0.149. The third-order valence-electron chi connectivity index (χ3n) is 20.2. The summed E-state index contributed by atoms with van der Waals surface area (Å²) in [5.74, 6) is 2.86. The van der Waals surface area contributed by atoms with Crippen molar-refractivity contribution in [1.82, 2.24) is 29.4 Å². The summed E-state index contributed by atoms with van der Waals surface area (Å²) in [5, 5.41) is 25.2. The first-order chi connectivity index (χ1) is 41.4. The Morgan fingerprint density at radius 2 is 0.942 bits per heavy atom. The lowest BCUT2D eigenvalue weighted by Crippen LogP contribution is -2.36.